The molecule has 102 valence electrons. The van der Waals surface area contributed by atoms with Gasteiger partial charge in [0.15, 0.2) is 0 Å². The van der Waals surface area contributed by atoms with Crippen LogP contribution in [0, 0.1) is 0 Å². The molecule has 0 aliphatic rings. The molecule has 0 radical (unpaired) electrons. The van der Waals surface area contributed by atoms with Gasteiger partial charge in [0, 0.05) is 0 Å². The van der Waals surface area contributed by atoms with Crippen molar-refractivity contribution in [1.82, 2.24) is 14.8 Å². The quantitative estimate of drug-likeness (QED) is 0.859. The molecule has 0 bridgehead atoms. The van der Waals surface area contributed by atoms with Crippen LogP contribution >= 0.6 is 0 Å². The lowest BCUT2D eigenvalue weighted by molar-refractivity contribution is -0.137. The molecule has 0 fully saturated rings. The molecule has 19 heavy (non-hydrogen) atoms. The predicted molar refractivity (Wildman–Crippen MR) is 54.1 cm³/mol. The van der Waals surface area contributed by atoms with E-state index >= 15 is 0 Å². The number of nitrogens with zero attached hydrogens (tertiary/aromatic N) is 2. The number of hydrogen-bond donors (Lipinski definition) is 1. The highest BCUT2D eigenvalue weighted by molar-refractivity contribution is 5.36. The van der Waals surface area contributed by atoms with Gasteiger partial charge in [0.05, 0.1) is 11.3 Å². The van der Waals surface area contributed by atoms with E-state index in [1.807, 2.05) is 5.10 Å². The standard InChI is InChI=1S/C10H6F5N3O/c11-7(12)8-16-17-9(19)18(8)6-3-1-5(2-4-6)10(13,14)15/h1-4,7H,(H,17,19). The first kappa shape index (κ1) is 13.2. The second-order valence-electron chi connectivity index (χ2n) is 3.57. The molecule has 0 saturated carbocycles. The van der Waals surface area contributed by atoms with Gasteiger partial charge in [-0.15, -0.1) is 0 Å². The van der Waals surface area contributed by atoms with E-state index in [1.54, 1.807) is 0 Å². The number of halogens is 5. The molecule has 0 unspecified atom stereocenters. The topological polar surface area (TPSA) is 50.7 Å². The highest BCUT2D eigenvalue weighted by Crippen LogP contribution is 2.29. The van der Waals surface area contributed by atoms with Crippen LogP contribution in [0.2, 0.25) is 0 Å². The number of aromatic nitrogens is 3. The molecule has 2 rings (SSSR count). The summed E-state index contributed by atoms with van der Waals surface area (Å²) in [6.07, 6.45) is -7.56. The maximum Gasteiger partial charge on any atom is 0.416 e. The van der Waals surface area contributed by atoms with Gasteiger partial charge in [0.2, 0.25) is 5.82 Å². The van der Waals surface area contributed by atoms with Crippen molar-refractivity contribution in [2.45, 2.75) is 12.6 Å². The lowest BCUT2D eigenvalue weighted by atomic mass is 10.2. The lowest BCUT2D eigenvalue weighted by Gasteiger charge is -2.08. The monoisotopic (exact) mass is 279 g/mol. The van der Waals surface area contributed by atoms with Gasteiger partial charge in [0.1, 0.15) is 0 Å². The maximum atomic E-state index is 12.6. The van der Waals surface area contributed by atoms with E-state index in [9.17, 15) is 26.7 Å². The second-order valence-corrected chi connectivity index (χ2v) is 3.57. The highest BCUT2D eigenvalue weighted by atomic mass is 19.4. The van der Waals surface area contributed by atoms with E-state index in [4.69, 9.17) is 0 Å². The molecule has 1 aromatic carbocycles. The Labute approximate surface area is 102 Å². The number of alkyl halides is 5. The number of aromatic amines is 1. The average Bonchev–Trinajstić information content (AvgIpc) is 2.70. The Morgan fingerprint density at radius 2 is 1.74 bits per heavy atom. The number of rotatable bonds is 2. The first-order valence-electron chi connectivity index (χ1n) is 4.94. The molecule has 0 saturated heterocycles. The number of benzene rings is 1. The summed E-state index contributed by atoms with van der Waals surface area (Å²) in [5, 5.41) is 4.93. The molecule has 0 spiro atoms. The van der Waals surface area contributed by atoms with Gasteiger partial charge in [-0.3, -0.25) is 0 Å². The molecular formula is C10H6F5N3O. The summed E-state index contributed by atoms with van der Waals surface area (Å²) in [6.45, 7) is 0. The van der Waals surface area contributed by atoms with Crippen molar-refractivity contribution in [1.29, 1.82) is 0 Å². The van der Waals surface area contributed by atoms with Gasteiger partial charge < -0.3 is 0 Å². The summed E-state index contributed by atoms with van der Waals surface area (Å²) in [7, 11) is 0. The van der Waals surface area contributed by atoms with Crippen LogP contribution in [-0.2, 0) is 6.18 Å². The summed E-state index contributed by atoms with van der Waals surface area (Å²) >= 11 is 0. The van der Waals surface area contributed by atoms with Crippen LogP contribution in [0.5, 0.6) is 0 Å². The van der Waals surface area contributed by atoms with Crippen molar-refractivity contribution < 1.29 is 22.0 Å². The van der Waals surface area contributed by atoms with Crippen molar-refractivity contribution in [3.8, 4) is 5.69 Å². The van der Waals surface area contributed by atoms with Crippen LogP contribution in [0.3, 0.4) is 0 Å². The van der Waals surface area contributed by atoms with Gasteiger partial charge in [0.25, 0.3) is 6.43 Å². The van der Waals surface area contributed by atoms with E-state index in [0.717, 1.165) is 12.1 Å². The largest absolute Gasteiger partial charge is 0.416 e. The van der Waals surface area contributed by atoms with E-state index < -0.39 is 29.7 Å². The zero-order valence-electron chi connectivity index (χ0n) is 9.08. The van der Waals surface area contributed by atoms with Crippen LogP contribution in [0.15, 0.2) is 29.1 Å². The zero-order valence-corrected chi connectivity index (χ0v) is 9.08. The third-order valence-corrected chi connectivity index (χ3v) is 2.35. The third-order valence-electron chi connectivity index (χ3n) is 2.35. The van der Waals surface area contributed by atoms with Gasteiger partial charge in [-0.25, -0.2) is 23.2 Å². The summed E-state index contributed by atoms with van der Waals surface area (Å²) in [4.78, 5) is 11.3. The smallest absolute Gasteiger partial charge is 0.246 e. The van der Waals surface area contributed by atoms with E-state index in [0.29, 0.717) is 16.7 Å². The minimum atomic E-state index is -4.54. The summed E-state index contributed by atoms with van der Waals surface area (Å²) in [5.41, 5.74) is -2.01. The van der Waals surface area contributed by atoms with Crippen molar-refractivity contribution in [2.75, 3.05) is 0 Å². The fraction of sp³-hybridized carbons (Fsp3) is 0.200. The van der Waals surface area contributed by atoms with Crippen LogP contribution in [0.25, 0.3) is 5.69 Å². The van der Waals surface area contributed by atoms with Crippen LogP contribution < -0.4 is 5.69 Å². The van der Waals surface area contributed by atoms with Gasteiger partial charge in [-0.05, 0) is 24.3 Å². The molecule has 0 aliphatic carbocycles. The number of nitrogens with one attached hydrogen (secondary N) is 1. The molecule has 1 aromatic heterocycles. The fourth-order valence-electron chi connectivity index (χ4n) is 1.50. The van der Waals surface area contributed by atoms with Crippen LogP contribution in [0.1, 0.15) is 17.8 Å². The first-order valence-corrected chi connectivity index (χ1v) is 4.94. The Kier molecular flexibility index (Phi) is 3.13. The Hall–Kier alpha value is -2.19. The Morgan fingerprint density at radius 3 is 2.21 bits per heavy atom. The Balaban J connectivity index is 2.49. The summed E-state index contributed by atoms with van der Waals surface area (Å²) in [6, 6.07) is 3.24. The summed E-state index contributed by atoms with van der Waals surface area (Å²) in [5.74, 6) is -0.857. The van der Waals surface area contributed by atoms with Crippen molar-refractivity contribution in [2.24, 2.45) is 0 Å². The first-order chi connectivity index (χ1) is 8.80. The molecule has 1 heterocycles. The van der Waals surface area contributed by atoms with Crippen molar-refractivity contribution in [3.05, 3.63) is 46.1 Å². The molecule has 0 amide bonds. The maximum absolute atomic E-state index is 12.6. The summed E-state index contributed by atoms with van der Waals surface area (Å²) < 4.78 is 62.7. The average molecular weight is 279 g/mol. The molecular weight excluding hydrogens is 273 g/mol. The lowest BCUT2D eigenvalue weighted by Crippen LogP contribution is -2.17. The van der Waals surface area contributed by atoms with E-state index in [2.05, 4.69) is 5.10 Å². The molecule has 0 atom stereocenters. The third kappa shape index (κ3) is 2.49. The minimum absolute atomic E-state index is 0.123. The van der Waals surface area contributed by atoms with Crippen molar-refractivity contribution >= 4 is 0 Å². The van der Waals surface area contributed by atoms with Gasteiger partial charge in [-0.2, -0.15) is 18.3 Å². The SMILES string of the molecule is O=c1[nH]nc(C(F)F)n1-c1ccc(C(F)(F)F)cc1. The molecule has 0 aliphatic heterocycles. The molecule has 4 nitrogen and oxygen atoms in total. The molecule has 2 aromatic rings. The van der Waals surface area contributed by atoms with E-state index in [-0.39, 0.29) is 5.69 Å². The number of hydrogen-bond acceptors (Lipinski definition) is 2. The highest BCUT2D eigenvalue weighted by Gasteiger charge is 2.30. The predicted octanol–water partition coefficient (Wildman–Crippen LogP) is 2.52. The van der Waals surface area contributed by atoms with E-state index in [1.165, 1.54) is 0 Å². The fourth-order valence-corrected chi connectivity index (χ4v) is 1.50. The molecule has 1 N–H and O–H groups in total. The van der Waals surface area contributed by atoms with Crippen LogP contribution in [0.4, 0.5) is 22.0 Å². The Morgan fingerprint density at radius 1 is 1.16 bits per heavy atom. The normalized spacial score (nSPS) is 12.1. The van der Waals surface area contributed by atoms with Crippen LogP contribution in [-0.4, -0.2) is 14.8 Å². The minimum Gasteiger partial charge on any atom is -0.246 e. The van der Waals surface area contributed by atoms with Gasteiger partial charge in [-0.1, -0.05) is 0 Å². The van der Waals surface area contributed by atoms with Crippen molar-refractivity contribution in [3.63, 3.8) is 0 Å². The zero-order chi connectivity index (χ0) is 14.2. The molecule has 9 heteroatoms. The van der Waals surface area contributed by atoms with Gasteiger partial charge >= 0.3 is 11.9 Å². The Bertz CT molecular complexity index is 626. The second kappa shape index (κ2) is 4.48. The number of H-pyrrole nitrogens is 1.